The maximum absolute atomic E-state index is 4.19. The Morgan fingerprint density at radius 3 is 2.85 bits per heavy atom. The van der Waals surface area contributed by atoms with E-state index in [-0.39, 0.29) is 32.7 Å². The van der Waals surface area contributed by atoms with Gasteiger partial charge in [0.25, 0.3) is 0 Å². The van der Waals surface area contributed by atoms with Crippen LogP contribution in [0.25, 0.3) is 0 Å². The second-order valence-electron chi connectivity index (χ2n) is 3.49. The van der Waals surface area contributed by atoms with E-state index < -0.39 is 0 Å². The van der Waals surface area contributed by atoms with Gasteiger partial charge in [-0.3, -0.25) is 0 Å². The Morgan fingerprint density at radius 1 is 1.38 bits per heavy atom. The van der Waals surface area contributed by atoms with Crippen molar-refractivity contribution in [2.45, 2.75) is 26.2 Å². The second kappa shape index (κ2) is 4.48. The summed E-state index contributed by atoms with van der Waals surface area (Å²) in [4.78, 5) is 4.19. The Bertz CT molecular complexity index is 329. The summed E-state index contributed by atoms with van der Waals surface area (Å²) in [6, 6.07) is 6.51. The van der Waals surface area contributed by atoms with Gasteiger partial charge in [0, 0.05) is 32.7 Å². The van der Waals surface area contributed by atoms with Gasteiger partial charge in [-0.05, 0) is 5.92 Å². The summed E-state index contributed by atoms with van der Waals surface area (Å²) in [5.74, 6) is 0.589. The summed E-state index contributed by atoms with van der Waals surface area (Å²) in [6.07, 6.45) is 3.86. The van der Waals surface area contributed by atoms with Crippen molar-refractivity contribution in [2.24, 2.45) is 4.99 Å². The van der Waals surface area contributed by atoms with Gasteiger partial charge >= 0.3 is 0 Å². The van der Waals surface area contributed by atoms with Crippen LogP contribution in [-0.2, 0) is 39.1 Å². The predicted molar refractivity (Wildman–Crippen MR) is 51.3 cm³/mol. The summed E-state index contributed by atoms with van der Waals surface area (Å²) in [5, 5.41) is 0. The van der Waals surface area contributed by atoms with Crippen molar-refractivity contribution in [3.63, 3.8) is 0 Å². The zero-order valence-corrected chi connectivity index (χ0v) is 10.9. The molecule has 0 saturated carbocycles. The summed E-state index contributed by atoms with van der Waals surface area (Å²) in [5.41, 5.74) is 3.78. The second-order valence-corrected chi connectivity index (χ2v) is 3.49. The minimum Gasteiger partial charge on any atom is -0.456 e. The molecule has 2 heteroatoms. The molecule has 1 radical (unpaired) electrons. The molecule has 1 aromatic carbocycles. The van der Waals surface area contributed by atoms with Crippen LogP contribution in [0.15, 0.2) is 23.2 Å². The standard InChI is InChI=1S/C11H12N.Y/c1-8(2)10-4-3-9-5-6-12-11(9)7-10;/h3-4,7-8H,5H2,1-2H3;/q-1;. The van der Waals surface area contributed by atoms with Crippen molar-refractivity contribution in [3.05, 3.63) is 29.3 Å². The van der Waals surface area contributed by atoms with Crippen LogP contribution in [0.1, 0.15) is 30.9 Å². The van der Waals surface area contributed by atoms with Gasteiger partial charge in [0.05, 0.1) is 0 Å². The average molecular weight is 247 g/mol. The molecule has 0 amide bonds. The van der Waals surface area contributed by atoms with Crippen LogP contribution >= 0.6 is 0 Å². The Kier molecular flexibility index (Phi) is 3.81. The first-order chi connectivity index (χ1) is 5.77. The number of aliphatic imine (C=N–C) groups is 1. The van der Waals surface area contributed by atoms with Crippen molar-refractivity contribution in [3.8, 4) is 0 Å². The SMILES string of the molecule is CC(C)c1ccc2c(c1)N=[C-]C2.[Y]. The normalized spacial score (nSPS) is 12.8. The van der Waals surface area contributed by atoms with E-state index in [2.05, 4.69) is 43.3 Å². The van der Waals surface area contributed by atoms with Crippen molar-refractivity contribution in [1.29, 1.82) is 0 Å². The molecule has 0 N–H and O–H groups in total. The Hall–Kier alpha value is -0.00610. The molecular weight excluding hydrogens is 235 g/mol. The predicted octanol–water partition coefficient (Wildman–Crippen LogP) is 2.94. The van der Waals surface area contributed by atoms with Crippen molar-refractivity contribution in [1.82, 2.24) is 0 Å². The van der Waals surface area contributed by atoms with E-state index in [4.69, 9.17) is 0 Å². The van der Waals surface area contributed by atoms with Crippen LogP contribution in [0, 0.1) is 0 Å². The maximum Gasteiger partial charge on any atom is 0 e. The molecule has 2 rings (SSSR count). The summed E-state index contributed by atoms with van der Waals surface area (Å²) >= 11 is 0. The minimum atomic E-state index is 0. The van der Waals surface area contributed by atoms with Crippen molar-refractivity contribution >= 4 is 11.9 Å². The minimum absolute atomic E-state index is 0. The van der Waals surface area contributed by atoms with Crippen LogP contribution in [0.2, 0.25) is 0 Å². The monoisotopic (exact) mass is 247 g/mol. The van der Waals surface area contributed by atoms with Crippen LogP contribution in [0.3, 0.4) is 0 Å². The number of hydrogen-bond donors (Lipinski definition) is 0. The molecule has 0 aliphatic carbocycles. The Balaban J connectivity index is 0.000000845. The molecule has 1 heterocycles. The molecule has 0 spiro atoms. The zero-order valence-electron chi connectivity index (χ0n) is 8.04. The average Bonchev–Trinajstić information content (AvgIpc) is 2.49. The van der Waals surface area contributed by atoms with Gasteiger partial charge in [0.15, 0.2) is 0 Å². The van der Waals surface area contributed by atoms with Gasteiger partial charge in [-0.15, -0.1) is 11.6 Å². The third kappa shape index (κ3) is 2.27. The van der Waals surface area contributed by atoms with Gasteiger partial charge in [-0.25, -0.2) is 0 Å². The van der Waals surface area contributed by atoms with Gasteiger partial charge in [-0.1, -0.05) is 43.7 Å². The third-order valence-electron chi connectivity index (χ3n) is 2.25. The van der Waals surface area contributed by atoms with Crippen molar-refractivity contribution < 1.29 is 32.7 Å². The number of nitrogens with zero attached hydrogens (tertiary/aromatic N) is 1. The molecule has 0 bridgehead atoms. The molecule has 0 unspecified atom stereocenters. The van der Waals surface area contributed by atoms with Gasteiger partial charge in [0.1, 0.15) is 0 Å². The Morgan fingerprint density at radius 2 is 2.15 bits per heavy atom. The van der Waals surface area contributed by atoms with Crippen LogP contribution in [0.5, 0.6) is 0 Å². The summed E-state index contributed by atoms with van der Waals surface area (Å²) in [7, 11) is 0. The summed E-state index contributed by atoms with van der Waals surface area (Å²) in [6.45, 7) is 4.40. The fourth-order valence-corrected chi connectivity index (χ4v) is 1.40. The van der Waals surface area contributed by atoms with E-state index in [1.165, 1.54) is 11.1 Å². The first-order valence-corrected chi connectivity index (χ1v) is 4.34. The smallest absolute Gasteiger partial charge is 0 e. The molecule has 0 aromatic heterocycles. The first-order valence-electron chi connectivity index (χ1n) is 4.34. The topological polar surface area (TPSA) is 12.4 Å². The zero-order chi connectivity index (χ0) is 8.55. The van der Waals surface area contributed by atoms with E-state index >= 15 is 0 Å². The van der Waals surface area contributed by atoms with E-state index in [0.29, 0.717) is 5.92 Å². The Labute approximate surface area is 105 Å². The number of benzene rings is 1. The fraction of sp³-hybridized carbons (Fsp3) is 0.364. The van der Waals surface area contributed by atoms with Gasteiger partial charge < -0.3 is 4.99 Å². The molecule has 1 aromatic rings. The quantitative estimate of drug-likeness (QED) is 0.676. The molecule has 1 aliphatic heterocycles. The summed E-state index contributed by atoms with van der Waals surface area (Å²) < 4.78 is 0. The van der Waals surface area contributed by atoms with Crippen LogP contribution in [-0.4, -0.2) is 6.21 Å². The largest absolute Gasteiger partial charge is 0.456 e. The van der Waals surface area contributed by atoms with Crippen molar-refractivity contribution in [2.75, 3.05) is 0 Å². The first kappa shape index (κ1) is 11.1. The van der Waals surface area contributed by atoms with Crippen LogP contribution in [0.4, 0.5) is 5.69 Å². The fourth-order valence-electron chi connectivity index (χ4n) is 1.40. The van der Waals surface area contributed by atoms with E-state index in [1.54, 1.807) is 0 Å². The number of rotatable bonds is 1. The van der Waals surface area contributed by atoms with Gasteiger partial charge in [-0.2, -0.15) is 6.21 Å². The molecule has 1 aliphatic rings. The molecule has 13 heavy (non-hydrogen) atoms. The molecule has 0 fully saturated rings. The molecular formula is C11H12NY-. The maximum atomic E-state index is 4.19. The van der Waals surface area contributed by atoms with E-state index in [9.17, 15) is 0 Å². The van der Waals surface area contributed by atoms with E-state index in [0.717, 1.165) is 12.1 Å². The van der Waals surface area contributed by atoms with E-state index in [1.807, 2.05) is 0 Å². The third-order valence-corrected chi connectivity index (χ3v) is 2.25. The van der Waals surface area contributed by atoms with Crippen LogP contribution < -0.4 is 0 Å². The number of fused-ring (bicyclic) bond motifs is 1. The molecule has 0 atom stereocenters. The molecule has 1 nitrogen and oxygen atoms in total. The number of hydrogen-bond acceptors (Lipinski definition) is 1. The van der Waals surface area contributed by atoms with Gasteiger partial charge in [0.2, 0.25) is 0 Å². The molecule has 65 valence electrons. The molecule has 0 saturated heterocycles.